The quantitative estimate of drug-likeness (QED) is 0.688. The smallest absolute Gasteiger partial charge is 0.338 e. The van der Waals surface area contributed by atoms with E-state index in [1.807, 2.05) is 24.3 Å². The molecule has 98 valence electrons. The van der Waals surface area contributed by atoms with Crippen LogP contribution >= 0.6 is 11.6 Å². The van der Waals surface area contributed by atoms with Gasteiger partial charge >= 0.3 is 5.97 Å². The standard InChI is InChI=1S/C14H13ClN2O2/c1-19-14(18)11-6-3-2-5-10(11)9-16-13-8-4-7-12(15)17-13/h2-8H,9H2,1H3,(H,16,17). The maximum atomic E-state index is 11.6. The van der Waals surface area contributed by atoms with Crippen LogP contribution in [0.4, 0.5) is 5.82 Å². The second-order valence-electron chi connectivity index (χ2n) is 3.85. The molecule has 1 N–H and O–H groups in total. The number of hydrogen-bond acceptors (Lipinski definition) is 4. The molecule has 0 saturated carbocycles. The molecule has 1 aromatic heterocycles. The van der Waals surface area contributed by atoms with Gasteiger partial charge in [-0.25, -0.2) is 9.78 Å². The van der Waals surface area contributed by atoms with Gasteiger partial charge in [0.05, 0.1) is 12.7 Å². The average Bonchev–Trinajstić information content (AvgIpc) is 2.45. The molecule has 0 aliphatic heterocycles. The van der Waals surface area contributed by atoms with Crippen molar-refractivity contribution in [1.29, 1.82) is 0 Å². The normalized spacial score (nSPS) is 10.0. The maximum absolute atomic E-state index is 11.6. The summed E-state index contributed by atoms with van der Waals surface area (Å²) in [5, 5.41) is 3.54. The first-order valence-corrected chi connectivity index (χ1v) is 6.11. The van der Waals surface area contributed by atoms with Gasteiger partial charge in [-0.05, 0) is 23.8 Å². The minimum absolute atomic E-state index is 0.351. The van der Waals surface area contributed by atoms with Crippen LogP contribution in [-0.2, 0) is 11.3 Å². The number of carbonyl (C=O) groups is 1. The highest BCUT2D eigenvalue weighted by atomic mass is 35.5. The summed E-state index contributed by atoms with van der Waals surface area (Å²) in [6, 6.07) is 12.6. The molecule has 0 fully saturated rings. The molecule has 0 bridgehead atoms. The van der Waals surface area contributed by atoms with Gasteiger partial charge in [0.15, 0.2) is 0 Å². The lowest BCUT2D eigenvalue weighted by Gasteiger charge is -2.09. The zero-order valence-electron chi connectivity index (χ0n) is 10.4. The van der Waals surface area contributed by atoms with Gasteiger partial charge in [-0.15, -0.1) is 0 Å². The number of nitrogens with one attached hydrogen (secondary N) is 1. The molecule has 0 amide bonds. The molecule has 4 nitrogen and oxygen atoms in total. The lowest BCUT2D eigenvalue weighted by molar-refractivity contribution is 0.0599. The molecular formula is C14H13ClN2O2. The number of carbonyl (C=O) groups excluding carboxylic acids is 1. The minimum Gasteiger partial charge on any atom is -0.465 e. The fourth-order valence-electron chi connectivity index (χ4n) is 1.68. The Kier molecular flexibility index (Phi) is 4.36. The predicted molar refractivity (Wildman–Crippen MR) is 74.4 cm³/mol. The van der Waals surface area contributed by atoms with Gasteiger partial charge < -0.3 is 10.1 Å². The van der Waals surface area contributed by atoms with Crippen LogP contribution in [0.5, 0.6) is 0 Å². The molecule has 0 aliphatic carbocycles. The van der Waals surface area contributed by atoms with Crippen molar-refractivity contribution in [1.82, 2.24) is 4.98 Å². The molecule has 2 rings (SSSR count). The van der Waals surface area contributed by atoms with Crippen LogP contribution in [0.25, 0.3) is 0 Å². The molecule has 5 heteroatoms. The summed E-state index contributed by atoms with van der Waals surface area (Å²) in [5.74, 6) is 0.309. The fourth-order valence-corrected chi connectivity index (χ4v) is 1.84. The Hall–Kier alpha value is -2.07. The number of pyridine rings is 1. The third kappa shape index (κ3) is 3.45. The van der Waals surface area contributed by atoms with Crippen LogP contribution in [0.3, 0.4) is 0 Å². The van der Waals surface area contributed by atoms with Crippen molar-refractivity contribution in [2.24, 2.45) is 0 Å². The van der Waals surface area contributed by atoms with Crippen molar-refractivity contribution in [3.63, 3.8) is 0 Å². The van der Waals surface area contributed by atoms with E-state index in [1.54, 1.807) is 18.2 Å². The number of rotatable bonds is 4. The van der Waals surface area contributed by atoms with E-state index >= 15 is 0 Å². The zero-order valence-corrected chi connectivity index (χ0v) is 11.1. The molecule has 0 unspecified atom stereocenters. The Bertz CT molecular complexity index is 587. The Labute approximate surface area is 116 Å². The Morgan fingerprint density at radius 2 is 2.05 bits per heavy atom. The third-order valence-corrected chi connectivity index (χ3v) is 2.81. The van der Waals surface area contributed by atoms with Crippen molar-refractivity contribution in [3.05, 3.63) is 58.7 Å². The molecule has 0 saturated heterocycles. The van der Waals surface area contributed by atoms with E-state index in [-0.39, 0.29) is 5.97 Å². The second kappa shape index (κ2) is 6.20. The zero-order chi connectivity index (χ0) is 13.7. The van der Waals surface area contributed by atoms with E-state index in [4.69, 9.17) is 16.3 Å². The molecular weight excluding hydrogens is 264 g/mol. The summed E-state index contributed by atoms with van der Waals surface area (Å²) >= 11 is 5.81. The summed E-state index contributed by atoms with van der Waals surface area (Å²) in [6.07, 6.45) is 0. The van der Waals surface area contributed by atoms with Crippen molar-refractivity contribution >= 4 is 23.4 Å². The topological polar surface area (TPSA) is 51.2 Å². The number of nitrogens with zero attached hydrogens (tertiary/aromatic N) is 1. The Balaban J connectivity index is 2.13. The van der Waals surface area contributed by atoms with E-state index in [1.165, 1.54) is 7.11 Å². The van der Waals surface area contributed by atoms with Crippen molar-refractivity contribution < 1.29 is 9.53 Å². The number of halogens is 1. The molecule has 0 aliphatic rings. The van der Waals surface area contributed by atoms with Crippen LogP contribution in [0.15, 0.2) is 42.5 Å². The van der Waals surface area contributed by atoms with Crippen LogP contribution in [-0.4, -0.2) is 18.1 Å². The van der Waals surface area contributed by atoms with Gasteiger partial charge in [-0.1, -0.05) is 35.9 Å². The molecule has 1 heterocycles. The summed E-state index contributed by atoms with van der Waals surface area (Å²) in [5.41, 5.74) is 1.38. The maximum Gasteiger partial charge on any atom is 0.338 e. The summed E-state index contributed by atoms with van der Waals surface area (Å²) in [6.45, 7) is 0.471. The predicted octanol–water partition coefficient (Wildman–Crippen LogP) is 3.13. The van der Waals surface area contributed by atoms with Gasteiger partial charge in [0.25, 0.3) is 0 Å². The third-order valence-electron chi connectivity index (χ3n) is 2.60. The highest BCUT2D eigenvalue weighted by Crippen LogP contribution is 2.14. The van der Waals surface area contributed by atoms with Crippen molar-refractivity contribution in [2.45, 2.75) is 6.54 Å². The number of methoxy groups -OCH3 is 1. The van der Waals surface area contributed by atoms with Gasteiger partial charge in [0.1, 0.15) is 11.0 Å². The van der Waals surface area contributed by atoms with E-state index in [9.17, 15) is 4.79 Å². The molecule has 0 spiro atoms. The van der Waals surface area contributed by atoms with Crippen molar-refractivity contribution in [3.8, 4) is 0 Å². The summed E-state index contributed by atoms with van der Waals surface area (Å²) < 4.78 is 4.74. The molecule has 0 atom stereocenters. The first-order chi connectivity index (χ1) is 9.20. The highest BCUT2D eigenvalue weighted by Gasteiger charge is 2.10. The molecule has 2 aromatic rings. The van der Waals surface area contributed by atoms with Gasteiger partial charge in [0, 0.05) is 6.54 Å². The number of anilines is 1. The second-order valence-corrected chi connectivity index (χ2v) is 4.24. The number of hydrogen-bond donors (Lipinski definition) is 1. The van der Waals surface area contributed by atoms with E-state index in [2.05, 4.69) is 10.3 Å². The highest BCUT2D eigenvalue weighted by molar-refractivity contribution is 6.29. The SMILES string of the molecule is COC(=O)c1ccccc1CNc1cccc(Cl)n1. The first-order valence-electron chi connectivity index (χ1n) is 5.73. The van der Waals surface area contributed by atoms with E-state index in [0.717, 1.165) is 5.56 Å². The fraction of sp³-hybridized carbons (Fsp3) is 0.143. The molecule has 19 heavy (non-hydrogen) atoms. The lowest BCUT2D eigenvalue weighted by atomic mass is 10.1. The summed E-state index contributed by atoms with van der Waals surface area (Å²) in [4.78, 5) is 15.7. The van der Waals surface area contributed by atoms with Crippen LogP contribution in [0.2, 0.25) is 5.15 Å². The monoisotopic (exact) mass is 276 g/mol. The van der Waals surface area contributed by atoms with E-state index in [0.29, 0.717) is 23.1 Å². The van der Waals surface area contributed by atoms with Crippen LogP contribution < -0.4 is 5.32 Å². The Morgan fingerprint density at radius 1 is 1.26 bits per heavy atom. The number of esters is 1. The largest absolute Gasteiger partial charge is 0.465 e. The van der Waals surface area contributed by atoms with Gasteiger partial charge in [-0.3, -0.25) is 0 Å². The minimum atomic E-state index is -0.351. The molecule has 1 aromatic carbocycles. The van der Waals surface area contributed by atoms with Gasteiger partial charge in [0.2, 0.25) is 0 Å². The van der Waals surface area contributed by atoms with Crippen molar-refractivity contribution in [2.75, 3.05) is 12.4 Å². The number of benzene rings is 1. The number of aromatic nitrogens is 1. The average molecular weight is 277 g/mol. The van der Waals surface area contributed by atoms with Crippen LogP contribution in [0, 0.1) is 0 Å². The van der Waals surface area contributed by atoms with E-state index < -0.39 is 0 Å². The first kappa shape index (κ1) is 13.4. The summed E-state index contributed by atoms with van der Waals surface area (Å²) in [7, 11) is 1.37. The lowest BCUT2D eigenvalue weighted by Crippen LogP contribution is -2.09. The van der Waals surface area contributed by atoms with Crippen LogP contribution in [0.1, 0.15) is 15.9 Å². The molecule has 0 radical (unpaired) electrons. The Morgan fingerprint density at radius 3 is 2.79 bits per heavy atom. The number of ether oxygens (including phenoxy) is 1. The van der Waals surface area contributed by atoms with Gasteiger partial charge in [-0.2, -0.15) is 0 Å².